The number of carbonyl (C=O) groups excluding carboxylic acids is 1. The maximum Gasteiger partial charge on any atom is 0.251 e. The van der Waals surface area contributed by atoms with Gasteiger partial charge in [0, 0.05) is 36.4 Å². The topological polar surface area (TPSA) is 102 Å². The van der Waals surface area contributed by atoms with Crippen LogP contribution in [0.4, 0.5) is 5.69 Å². The van der Waals surface area contributed by atoms with Gasteiger partial charge >= 0.3 is 0 Å². The molecule has 0 aliphatic carbocycles. The van der Waals surface area contributed by atoms with Crippen molar-refractivity contribution < 1.29 is 13.2 Å². The first-order chi connectivity index (χ1) is 9.86. The second kappa shape index (κ2) is 5.92. The maximum atomic E-state index is 12.1. The lowest BCUT2D eigenvalue weighted by atomic mass is 10.2. The fourth-order valence-corrected chi connectivity index (χ4v) is 2.45. The van der Waals surface area contributed by atoms with Crippen molar-refractivity contribution in [3.63, 3.8) is 0 Å². The zero-order valence-electron chi connectivity index (χ0n) is 11.4. The molecular formula is C14H15N3O3S. The average Bonchev–Trinajstić information content (AvgIpc) is 2.44. The zero-order chi connectivity index (χ0) is 15.5. The van der Waals surface area contributed by atoms with Gasteiger partial charge in [-0.3, -0.25) is 9.78 Å². The Morgan fingerprint density at radius 1 is 1.33 bits per heavy atom. The normalized spacial score (nSPS) is 11.1. The number of carbonyl (C=O) groups is 1. The van der Waals surface area contributed by atoms with Gasteiger partial charge in [-0.25, -0.2) is 8.42 Å². The highest BCUT2D eigenvalue weighted by molar-refractivity contribution is 7.90. The quantitative estimate of drug-likeness (QED) is 0.820. The van der Waals surface area contributed by atoms with Gasteiger partial charge in [-0.1, -0.05) is 6.07 Å². The fraction of sp³-hybridized carbons (Fsp3) is 0.143. The fourth-order valence-electron chi connectivity index (χ4n) is 1.75. The Morgan fingerprint density at radius 3 is 2.71 bits per heavy atom. The summed E-state index contributed by atoms with van der Waals surface area (Å²) < 4.78 is 23.1. The van der Waals surface area contributed by atoms with Gasteiger partial charge in [0.15, 0.2) is 9.84 Å². The number of sulfone groups is 1. The minimum Gasteiger partial charge on any atom is -0.399 e. The van der Waals surface area contributed by atoms with Crippen LogP contribution >= 0.6 is 0 Å². The predicted molar refractivity (Wildman–Crippen MR) is 79.4 cm³/mol. The van der Waals surface area contributed by atoms with Crippen LogP contribution in [0.3, 0.4) is 0 Å². The maximum absolute atomic E-state index is 12.1. The molecular weight excluding hydrogens is 290 g/mol. The molecule has 0 saturated heterocycles. The van der Waals surface area contributed by atoms with Crippen molar-refractivity contribution in [2.24, 2.45) is 0 Å². The van der Waals surface area contributed by atoms with Crippen molar-refractivity contribution in [3.05, 3.63) is 53.9 Å². The van der Waals surface area contributed by atoms with Crippen LogP contribution in [0.1, 0.15) is 15.9 Å². The summed E-state index contributed by atoms with van der Waals surface area (Å²) in [5, 5.41) is 2.69. The standard InChI is InChI=1S/C14H15N3O3S/c1-21(19,20)13-6-11(5-12(15)7-13)14(18)17-9-10-3-2-4-16-8-10/h2-8H,9,15H2,1H3,(H,17,18). The minimum atomic E-state index is -3.42. The highest BCUT2D eigenvalue weighted by atomic mass is 32.2. The third kappa shape index (κ3) is 4.03. The molecule has 0 spiro atoms. The molecule has 0 saturated carbocycles. The van der Waals surface area contributed by atoms with Crippen LogP contribution in [0.25, 0.3) is 0 Å². The molecule has 0 aliphatic rings. The predicted octanol–water partition coefficient (Wildman–Crippen LogP) is 0.997. The number of nitrogens with zero attached hydrogens (tertiary/aromatic N) is 1. The Morgan fingerprint density at radius 2 is 2.10 bits per heavy atom. The first-order valence-corrected chi connectivity index (χ1v) is 8.03. The van der Waals surface area contributed by atoms with E-state index >= 15 is 0 Å². The van der Waals surface area contributed by atoms with E-state index in [1.165, 1.54) is 18.2 Å². The lowest BCUT2D eigenvalue weighted by molar-refractivity contribution is 0.0950. The number of benzene rings is 1. The van der Waals surface area contributed by atoms with E-state index in [0.29, 0.717) is 6.54 Å². The number of aromatic nitrogens is 1. The number of nitrogens with two attached hydrogens (primary N) is 1. The number of pyridine rings is 1. The van der Waals surface area contributed by atoms with Gasteiger partial charge in [0.1, 0.15) is 0 Å². The molecule has 1 heterocycles. The first kappa shape index (κ1) is 15.0. The molecule has 0 atom stereocenters. The third-order valence-electron chi connectivity index (χ3n) is 2.80. The number of amides is 1. The minimum absolute atomic E-state index is 0.0222. The molecule has 110 valence electrons. The molecule has 1 amide bonds. The van der Waals surface area contributed by atoms with Gasteiger partial charge < -0.3 is 11.1 Å². The molecule has 0 fully saturated rings. The smallest absolute Gasteiger partial charge is 0.251 e. The third-order valence-corrected chi connectivity index (χ3v) is 3.89. The van der Waals surface area contributed by atoms with E-state index in [1.807, 2.05) is 6.07 Å². The largest absolute Gasteiger partial charge is 0.399 e. The molecule has 0 radical (unpaired) electrons. The van der Waals surface area contributed by atoms with E-state index in [-0.39, 0.29) is 16.1 Å². The Balaban J connectivity index is 2.18. The summed E-state index contributed by atoms with van der Waals surface area (Å²) in [6.45, 7) is 0.301. The lowest BCUT2D eigenvalue weighted by Crippen LogP contribution is -2.23. The van der Waals surface area contributed by atoms with E-state index in [1.54, 1.807) is 18.5 Å². The molecule has 21 heavy (non-hydrogen) atoms. The van der Waals surface area contributed by atoms with Crippen LogP contribution in [0.2, 0.25) is 0 Å². The van der Waals surface area contributed by atoms with E-state index in [0.717, 1.165) is 11.8 Å². The van der Waals surface area contributed by atoms with Gasteiger partial charge in [-0.2, -0.15) is 0 Å². The molecule has 2 rings (SSSR count). The molecule has 7 heteroatoms. The van der Waals surface area contributed by atoms with E-state index in [9.17, 15) is 13.2 Å². The number of nitrogens with one attached hydrogen (secondary N) is 1. The van der Waals surface area contributed by atoms with E-state index < -0.39 is 15.7 Å². The number of hydrogen-bond acceptors (Lipinski definition) is 5. The van der Waals surface area contributed by atoms with Gasteiger partial charge in [0.2, 0.25) is 0 Å². The monoisotopic (exact) mass is 305 g/mol. The van der Waals surface area contributed by atoms with E-state index in [2.05, 4.69) is 10.3 Å². The van der Waals surface area contributed by atoms with Crippen molar-refractivity contribution in [1.29, 1.82) is 0 Å². The molecule has 1 aromatic carbocycles. The second-order valence-electron chi connectivity index (χ2n) is 4.61. The Hall–Kier alpha value is -2.41. The van der Waals surface area contributed by atoms with Gasteiger partial charge in [-0.05, 0) is 29.8 Å². The van der Waals surface area contributed by atoms with Crippen molar-refractivity contribution in [2.45, 2.75) is 11.4 Å². The Labute approximate surface area is 122 Å². The summed E-state index contributed by atoms with van der Waals surface area (Å²) in [7, 11) is -3.42. The molecule has 3 N–H and O–H groups in total. The van der Waals surface area contributed by atoms with Crippen molar-refractivity contribution >= 4 is 21.4 Å². The Kier molecular flexibility index (Phi) is 4.23. The molecule has 0 bridgehead atoms. The number of rotatable bonds is 4. The van der Waals surface area contributed by atoms with Gasteiger partial charge in [-0.15, -0.1) is 0 Å². The number of nitrogen functional groups attached to an aromatic ring is 1. The van der Waals surface area contributed by atoms with Crippen molar-refractivity contribution in [1.82, 2.24) is 10.3 Å². The molecule has 6 nitrogen and oxygen atoms in total. The van der Waals surface area contributed by atoms with Crippen LogP contribution in [-0.2, 0) is 16.4 Å². The van der Waals surface area contributed by atoms with Crippen molar-refractivity contribution in [2.75, 3.05) is 12.0 Å². The lowest BCUT2D eigenvalue weighted by Gasteiger charge is -2.08. The van der Waals surface area contributed by atoms with Gasteiger partial charge in [0.05, 0.1) is 4.90 Å². The average molecular weight is 305 g/mol. The zero-order valence-corrected chi connectivity index (χ0v) is 12.2. The molecule has 0 aliphatic heterocycles. The summed E-state index contributed by atoms with van der Waals surface area (Å²) >= 11 is 0. The molecule has 0 unspecified atom stereocenters. The summed E-state index contributed by atoms with van der Waals surface area (Å²) in [5.74, 6) is -0.393. The number of hydrogen-bond donors (Lipinski definition) is 2. The van der Waals surface area contributed by atoms with Crippen LogP contribution < -0.4 is 11.1 Å². The van der Waals surface area contributed by atoms with E-state index in [4.69, 9.17) is 5.73 Å². The first-order valence-electron chi connectivity index (χ1n) is 6.14. The summed E-state index contributed by atoms with van der Waals surface area (Å²) in [5.41, 5.74) is 6.93. The second-order valence-corrected chi connectivity index (χ2v) is 6.62. The van der Waals surface area contributed by atoms with Crippen LogP contribution in [0.5, 0.6) is 0 Å². The summed E-state index contributed by atoms with van der Waals surface area (Å²) in [4.78, 5) is 16.0. The van der Waals surface area contributed by atoms with Gasteiger partial charge in [0.25, 0.3) is 5.91 Å². The van der Waals surface area contributed by atoms with Crippen LogP contribution in [-0.4, -0.2) is 25.6 Å². The number of anilines is 1. The summed E-state index contributed by atoms with van der Waals surface area (Å²) in [6, 6.07) is 7.67. The van der Waals surface area contributed by atoms with Crippen LogP contribution in [0, 0.1) is 0 Å². The Bertz CT molecular complexity index is 758. The SMILES string of the molecule is CS(=O)(=O)c1cc(N)cc(C(=O)NCc2cccnc2)c1. The highest BCUT2D eigenvalue weighted by Gasteiger charge is 2.13. The molecule has 2 aromatic rings. The highest BCUT2D eigenvalue weighted by Crippen LogP contribution is 2.16. The van der Waals surface area contributed by atoms with Crippen molar-refractivity contribution in [3.8, 4) is 0 Å². The molecule has 1 aromatic heterocycles. The van der Waals surface area contributed by atoms with Crippen LogP contribution in [0.15, 0.2) is 47.6 Å². The summed E-state index contributed by atoms with van der Waals surface area (Å²) in [6.07, 6.45) is 4.35.